The minimum absolute atomic E-state index is 0.00365. The van der Waals surface area contributed by atoms with Gasteiger partial charge in [0, 0.05) is 25.5 Å². The maximum Gasteiger partial charge on any atom is 0.244 e. The van der Waals surface area contributed by atoms with E-state index in [0.717, 1.165) is 0 Å². The van der Waals surface area contributed by atoms with Gasteiger partial charge in [0.2, 0.25) is 15.9 Å². The van der Waals surface area contributed by atoms with Crippen LogP contribution in [0, 0.1) is 0 Å². The van der Waals surface area contributed by atoms with Crippen molar-refractivity contribution in [3.8, 4) is 5.75 Å². The lowest BCUT2D eigenvalue weighted by atomic mass is 10.2. The van der Waals surface area contributed by atoms with E-state index in [4.69, 9.17) is 10.5 Å². The van der Waals surface area contributed by atoms with Crippen LogP contribution in [0.4, 0.5) is 5.69 Å². The van der Waals surface area contributed by atoms with Crippen molar-refractivity contribution in [2.24, 2.45) is 12.8 Å². The summed E-state index contributed by atoms with van der Waals surface area (Å²) >= 11 is 0. The molecule has 0 aliphatic carbocycles. The Kier molecular flexibility index (Phi) is 6.12. The average molecular weight is 367 g/mol. The molecule has 25 heavy (non-hydrogen) atoms. The van der Waals surface area contributed by atoms with Gasteiger partial charge in [-0.1, -0.05) is 0 Å². The summed E-state index contributed by atoms with van der Waals surface area (Å²) in [4.78, 5) is 12.2. The number of anilines is 1. The van der Waals surface area contributed by atoms with Crippen molar-refractivity contribution in [2.45, 2.75) is 17.9 Å². The van der Waals surface area contributed by atoms with E-state index in [1.165, 1.54) is 24.0 Å². The molecule has 1 aromatic heterocycles. The van der Waals surface area contributed by atoms with Crippen LogP contribution in [0.25, 0.3) is 0 Å². The minimum atomic E-state index is -3.82. The lowest BCUT2D eigenvalue weighted by Gasteiger charge is -2.14. The molecule has 2 aromatic rings. The normalized spacial score (nSPS) is 12.6. The fourth-order valence-corrected chi connectivity index (χ4v) is 3.14. The summed E-state index contributed by atoms with van der Waals surface area (Å²) in [6.45, 7) is 2.27. The molecule has 2 rings (SSSR count). The molecular formula is C15H21N5O4S. The number of sulfonamides is 1. The van der Waals surface area contributed by atoms with Crippen LogP contribution in [0.15, 0.2) is 41.6 Å². The first kappa shape index (κ1) is 18.9. The lowest BCUT2D eigenvalue weighted by molar-refractivity contribution is -0.117. The average Bonchev–Trinajstić information content (AvgIpc) is 3.01. The van der Waals surface area contributed by atoms with Gasteiger partial charge in [-0.15, -0.1) is 0 Å². The van der Waals surface area contributed by atoms with Gasteiger partial charge in [0.05, 0.1) is 12.2 Å². The van der Waals surface area contributed by atoms with E-state index in [2.05, 4.69) is 15.1 Å². The van der Waals surface area contributed by atoms with Gasteiger partial charge in [-0.2, -0.15) is 9.82 Å². The second-order valence-electron chi connectivity index (χ2n) is 5.34. The van der Waals surface area contributed by atoms with Crippen molar-refractivity contribution in [1.82, 2.24) is 14.5 Å². The Morgan fingerprint density at radius 3 is 2.60 bits per heavy atom. The zero-order valence-corrected chi connectivity index (χ0v) is 14.8. The fourth-order valence-electron chi connectivity index (χ4n) is 1.95. The van der Waals surface area contributed by atoms with Gasteiger partial charge in [-0.25, -0.2) is 8.42 Å². The van der Waals surface area contributed by atoms with Crippen molar-refractivity contribution in [1.29, 1.82) is 0 Å². The molecular weight excluding hydrogens is 346 g/mol. The van der Waals surface area contributed by atoms with Gasteiger partial charge in [0.1, 0.15) is 17.3 Å². The topological polar surface area (TPSA) is 128 Å². The first-order chi connectivity index (χ1) is 11.8. The second-order valence-corrected chi connectivity index (χ2v) is 7.06. The molecule has 10 heteroatoms. The van der Waals surface area contributed by atoms with Crippen LogP contribution in [-0.2, 0) is 21.9 Å². The molecule has 0 saturated heterocycles. The minimum Gasteiger partial charge on any atom is -0.492 e. The summed E-state index contributed by atoms with van der Waals surface area (Å²) in [5.74, 6) is 0.150. The smallest absolute Gasteiger partial charge is 0.244 e. The number of carbonyl (C=O) groups is 1. The first-order valence-corrected chi connectivity index (χ1v) is 9.05. The summed E-state index contributed by atoms with van der Waals surface area (Å²) in [6, 6.07) is 5.74. The number of aromatic nitrogens is 2. The molecule has 4 N–H and O–H groups in total. The molecule has 0 fully saturated rings. The molecule has 0 aliphatic rings. The van der Waals surface area contributed by atoms with Crippen LogP contribution in [0.1, 0.15) is 6.92 Å². The van der Waals surface area contributed by atoms with E-state index in [1.54, 1.807) is 31.3 Å². The van der Waals surface area contributed by atoms with Crippen LogP contribution < -0.4 is 20.5 Å². The largest absolute Gasteiger partial charge is 0.492 e. The maximum atomic E-state index is 12.2. The number of hydrogen-bond acceptors (Lipinski definition) is 6. The molecule has 1 aromatic carbocycles. The van der Waals surface area contributed by atoms with Crippen LogP contribution in [0.3, 0.4) is 0 Å². The second kappa shape index (κ2) is 8.10. The third-order valence-electron chi connectivity index (χ3n) is 3.23. The zero-order valence-electron chi connectivity index (χ0n) is 14.0. The standard InChI is InChI=1S/C15H21N5O4S/c1-11(19-25(22,23)14-9-17-20(2)10-14)15(21)18-12-3-5-13(6-4-12)24-8-7-16/h3-6,9-11,19H,7-8,16H2,1-2H3,(H,18,21). The number of benzene rings is 1. The molecule has 0 bridgehead atoms. The highest BCUT2D eigenvalue weighted by atomic mass is 32.2. The number of nitrogens with one attached hydrogen (secondary N) is 2. The number of amides is 1. The lowest BCUT2D eigenvalue weighted by Crippen LogP contribution is -2.41. The zero-order chi connectivity index (χ0) is 18.4. The van der Waals surface area contributed by atoms with Gasteiger partial charge in [0.25, 0.3) is 0 Å². The highest BCUT2D eigenvalue weighted by Crippen LogP contribution is 2.16. The Balaban J connectivity index is 1.96. The number of ether oxygens (including phenoxy) is 1. The number of rotatable bonds is 8. The van der Waals surface area contributed by atoms with Crippen molar-refractivity contribution in [3.05, 3.63) is 36.7 Å². The highest BCUT2D eigenvalue weighted by Gasteiger charge is 2.23. The Bertz CT molecular complexity index is 817. The molecule has 1 heterocycles. The molecule has 1 atom stereocenters. The number of hydrogen-bond donors (Lipinski definition) is 3. The third kappa shape index (κ3) is 5.28. The third-order valence-corrected chi connectivity index (χ3v) is 4.72. The predicted molar refractivity (Wildman–Crippen MR) is 92.6 cm³/mol. The van der Waals surface area contributed by atoms with E-state index >= 15 is 0 Å². The van der Waals surface area contributed by atoms with Crippen LogP contribution in [0.2, 0.25) is 0 Å². The molecule has 0 saturated carbocycles. The van der Waals surface area contributed by atoms with E-state index < -0.39 is 22.0 Å². The summed E-state index contributed by atoms with van der Waals surface area (Å²) in [6.07, 6.45) is 2.57. The predicted octanol–water partition coefficient (Wildman–Crippen LogP) is 0.0631. The Morgan fingerprint density at radius 1 is 1.36 bits per heavy atom. The Morgan fingerprint density at radius 2 is 2.04 bits per heavy atom. The van der Waals surface area contributed by atoms with Gasteiger partial charge in [-0.3, -0.25) is 9.48 Å². The summed E-state index contributed by atoms with van der Waals surface area (Å²) < 4.78 is 33.4. The summed E-state index contributed by atoms with van der Waals surface area (Å²) in [5.41, 5.74) is 5.88. The SMILES string of the molecule is CC(NS(=O)(=O)c1cnn(C)c1)C(=O)Nc1ccc(OCCN)cc1. The van der Waals surface area contributed by atoms with Gasteiger partial charge >= 0.3 is 0 Å². The maximum absolute atomic E-state index is 12.2. The van der Waals surface area contributed by atoms with Gasteiger partial charge in [0.15, 0.2) is 0 Å². The molecule has 9 nitrogen and oxygen atoms in total. The first-order valence-electron chi connectivity index (χ1n) is 7.56. The van der Waals surface area contributed by atoms with Crippen LogP contribution in [0.5, 0.6) is 5.75 Å². The van der Waals surface area contributed by atoms with E-state index in [0.29, 0.717) is 24.6 Å². The van der Waals surface area contributed by atoms with E-state index in [-0.39, 0.29) is 4.90 Å². The molecule has 1 unspecified atom stereocenters. The summed E-state index contributed by atoms with van der Waals surface area (Å²) in [7, 11) is -2.21. The van der Waals surface area contributed by atoms with Crippen LogP contribution >= 0.6 is 0 Å². The molecule has 1 amide bonds. The molecule has 136 valence electrons. The summed E-state index contributed by atoms with van der Waals surface area (Å²) in [5, 5.41) is 6.45. The number of nitrogens with two attached hydrogens (primary N) is 1. The monoisotopic (exact) mass is 367 g/mol. The Labute approximate surface area is 146 Å². The van der Waals surface area contributed by atoms with Crippen molar-refractivity contribution < 1.29 is 17.9 Å². The number of aryl methyl sites for hydroxylation is 1. The van der Waals surface area contributed by atoms with Crippen molar-refractivity contribution in [3.63, 3.8) is 0 Å². The Hall–Kier alpha value is -2.43. The highest BCUT2D eigenvalue weighted by molar-refractivity contribution is 7.89. The van der Waals surface area contributed by atoms with E-state index in [9.17, 15) is 13.2 Å². The van der Waals surface area contributed by atoms with Gasteiger partial charge in [-0.05, 0) is 31.2 Å². The number of nitrogens with zero attached hydrogens (tertiary/aromatic N) is 2. The van der Waals surface area contributed by atoms with E-state index in [1.807, 2.05) is 0 Å². The quantitative estimate of drug-likeness (QED) is 0.605. The van der Waals surface area contributed by atoms with Crippen LogP contribution in [-0.4, -0.2) is 43.3 Å². The fraction of sp³-hybridized carbons (Fsp3) is 0.333. The number of carbonyl (C=O) groups excluding carboxylic acids is 1. The van der Waals surface area contributed by atoms with Gasteiger partial charge < -0.3 is 15.8 Å². The molecule has 0 aliphatic heterocycles. The molecule has 0 radical (unpaired) electrons. The van der Waals surface area contributed by atoms with Crippen molar-refractivity contribution in [2.75, 3.05) is 18.5 Å². The van der Waals surface area contributed by atoms with Crippen molar-refractivity contribution >= 4 is 21.6 Å². The molecule has 0 spiro atoms.